The number of carboxylic acid groups (broad SMARTS) is 1. The molecular weight excluding hydrogens is 371 g/mol. The van der Waals surface area contributed by atoms with Crippen molar-refractivity contribution in [3.63, 3.8) is 0 Å². The monoisotopic (exact) mass is 393 g/mol. The second-order valence-corrected chi connectivity index (χ2v) is 7.32. The number of alkyl halides is 3. The summed E-state index contributed by atoms with van der Waals surface area (Å²) in [5.41, 5.74) is 0.340. The van der Waals surface area contributed by atoms with Crippen LogP contribution >= 0.6 is 0 Å². The first-order valence-electron chi connectivity index (χ1n) is 9.14. The number of hydrogen-bond acceptors (Lipinski definition) is 3. The average Bonchev–Trinajstić information content (AvgIpc) is 2.64. The van der Waals surface area contributed by atoms with E-state index in [0.717, 1.165) is 38.1 Å². The molecule has 0 spiro atoms. The highest BCUT2D eigenvalue weighted by atomic mass is 19.4. The van der Waals surface area contributed by atoms with Crippen molar-refractivity contribution in [3.8, 4) is 5.75 Å². The van der Waals surface area contributed by atoms with Crippen LogP contribution in [-0.2, 0) is 6.18 Å². The van der Waals surface area contributed by atoms with Crippen LogP contribution in [0.3, 0.4) is 0 Å². The van der Waals surface area contributed by atoms with Crippen molar-refractivity contribution in [2.24, 2.45) is 5.92 Å². The minimum Gasteiger partial charge on any atom is -0.508 e. The fourth-order valence-corrected chi connectivity index (χ4v) is 3.64. The fourth-order valence-electron chi connectivity index (χ4n) is 3.64. The van der Waals surface area contributed by atoms with Crippen LogP contribution in [0.2, 0.25) is 0 Å². The van der Waals surface area contributed by atoms with Gasteiger partial charge in [-0.05, 0) is 61.7 Å². The molecule has 1 atom stereocenters. The lowest BCUT2D eigenvalue weighted by Gasteiger charge is -2.37. The Morgan fingerprint density at radius 2 is 1.71 bits per heavy atom. The van der Waals surface area contributed by atoms with Crippen LogP contribution in [0.5, 0.6) is 5.75 Å². The summed E-state index contributed by atoms with van der Waals surface area (Å²) < 4.78 is 38.8. The number of likely N-dealkylation sites (tertiary alicyclic amines) is 1. The van der Waals surface area contributed by atoms with E-state index < -0.39 is 23.8 Å². The standard InChI is InChI=1S/C21H22F3NO3/c1-13-8-10-25(11-9-13)19(14-2-5-16(6-3-14)21(22,23)24)17-7-4-15(20(27)28)12-18(17)26/h2-7,12-13,19,26H,8-11H2,1H3,(H,27,28). The van der Waals surface area contributed by atoms with Gasteiger partial charge in [-0.2, -0.15) is 13.2 Å². The predicted octanol–water partition coefficient (Wildman–Crippen LogP) is 4.93. The highest BCUT2D eigenvalue weighted by Crippen LogP contribution is 2.38. The normalized spacial score (nSPS) is 17.4. The maximum atomic E-state index is 12.9. The SMILES string of the molecule is CC1CCN(C(c2ccc(C(F)(F)F)cc2)c2ccc(C(=O)O)cc2O)CC1. The van der Waals surface area contributed by atoms with Crippen molar-refractivity contribution in [1.29, 1.82) is 0 Å². The van der Waals surface area contributed by atoms with Gasteiger partial charge < -0.3 is 10.2 Å². The van der Waals surface area contributed by atoms with Crippen molar-refractivity contribution >= 4 is 5.97 Å². The van der Waals surface area contributed by atoms with Gasteiger partial charge in [-0.1, -0.05) is 25.1 Å². The number of halogens is 3. The van der Waals surface area contributed by atoms with E-state index in [9.17, 15) is 23.1 Å². The van der Waals surface area contributed by atoms with Crippen molar-refractivity contribution in [2.75, 3.05) is 13.1 Å². The third kappa shape index (κ3) is 4.30. The molecule has 0 radical (unpaired) electrons. The minimum absolute atomic E-state index is 0.0420. The number of aromatic carboxylic acids is 1. The summed E-state index contributed by atoms with van der Waals surface area (Å²) in [4.78, 5) is 13.3. The van der Waals surface area contributed by atoms with Crippen LogP contribution < -0.4 is 0 Å². The first kappa shape index (κ1) is 20.2. The number of rotatable bonds is 4. The van der Waals surface area contributed by atoms with Gasteiger partial charge in [0.2, 0.25) is 0 Å². The average molecular weight is 393 g/mol. The van der Waals surface area contributed by atoms with E-state index in [1.165, 1.54) is 24.3 Å². The van der Waals surface area contributed by atoms with Crippen molar-refractivity contribution in [1.82, 2.24) is 4.90 Å². The Kier molecular flexibility index (Phi) is 5.65. The van der Waals surface area contributed by atoms with Crippen molar-refractivity contribution in [2.45, 2.75) is 32.0 Å². The van der Waals surface area contributed by atoms with E-state index in [2.05, 4.69) is 11.8 Å². The first-order chi connectivity index (χ1) is 13.2. The molecule has 1 heterocycles. The molecule has 4 nitrogen and oxygen atoms in total. The lowest BCUT2D eigenvalue weighted by Crippen LogP contribution is -2.36. The number of benzene rings is 2. The second-order valence-electron chi connectivity index (χ2n) is 7.32. The van der Waals surface area contributed by atoms with E-state index in [1.807, 2.05) is 0 Å². The molecule has 0 aromatic heterocycles. The van der Waals surface area contributed by atoms with Crippen LogP contribution in [0.25, 0.3) is 0 Å². The molecule has 1 unspecified atom stereocenters. The van der Waals surface area contributed by atoms with Gasteiger partial charge in [-0.25, -0.2) is 4.79 Å². The molecule has 2 aromatic rings. The summed E-state index contributed by atoms with van der Waals surface area (Å²) >= 11 is 0. The van der Waals surface area contributed by atoms with Crippen molar-refractivity contribution in [3.05, 3.63) is 64.7 Å². The molecule has 7 heteroatoms. The van der Waals surface area contributed by atoms with Gasteiger partial charge >= 0.3 is 12.1 Å². The Morgan fingerprint density at radius 3 is 2.21 bits per heavy atom. The maximum Gasteiger partial charge on any atom is 0.416 e. The number of aromatic hydroxyl groups is 1. The minimum atomic E-state index is -4.42. The molecule has 0 saturated carbocycles. The molecule has 0 amide bonds. The summed E-state index contributed by atoms with van der Waals surface area (Å²) in [5.74, 6) is -0.768. The molecule has 1 aliphatic heterocycles. The molecule has 3 rings (SSSR count). The number of phenols is 1. The van der Waals surface area contributed by atoms with Crippen molar-refractivity contribution < 1.29 is 28.2 Å². The maximum absolute atomic E-state index is 12.9. The van der Waals surface area contributed by atoms with Gasteiger partial charge in [0, 0.05) is 5.56 Å². The zero-order valence-electron chi connectivity index (χ0n) is 15.4. The summed E-state index contributed by atoms with van der Waals surface area (Å²) in [6, 6.07) is 8.61. The van der Waals surface area contributed by atoms with Crippen LogP contribution in [0.1, 0.15) is 52.9 Å². The zero-order valence-corrected chi connectivity index (χ0v) is 15.4. The van der Waals surface area contributed by atoms with Gasteiger partial charge in [-0.15, -0.1) is 0 Å². The molecular formula is C21H22F3NO3. The highest BCUT2D eigenvalue weighted by Gasteiger charge is 2.32. The largest absolute Gasteiger partial charge is 0.508 e. The lowest BCUT2D eigenvalue weighted by molar-refractivity contribution is -0.137. The molecule has 1 aliphatic rings. The third-order valence-corrected chi connectivity index (χ3v) is 5.31. The van der Waals surface area contributed by atoms with E-state index >= 15 is 0 Å². The third-order valence-electron chi connectivity index (χ3n) is 5.31. The summed E-state index contributed by atoms with van der Waals surface area (Å²) in [7, 11) is 0. The number of carboxylic acids is 1. The fraction of sp³-hybridized carbons (Fsp3) is 0.381. The number of piperidine rings is 1. The quantitative estimate of drug-likeness (QED) is 0.773. The van der Waals surface area contributed by atoms with E-state index in [-0.39, 0.29) is 11.3 Å². The first-order valence-corrected chi connectivity index (χ1v) is 9.14. The van der Waals surface area contributed by atoms with Gasteiger partial charge in [0.15, 0.2) is 0 Å². The van der Waals surface area contributed by atoms with Gasteiger partial charge in [0.05, 0.1) is 17.2 Å². The molecule has 2 N–H and O–H groups in total. The highest BCUT2D eigenvalue weighted by molar-refractivity contribution is 5.88. The van der Waals surface area contributed by atoms with Gasteiger partial charge in [0.1, 0.15) is 5.75 Å². The molecule has 150 valence electrons. The zero-order chi connectivity index (χ0) is 20.5. The predicted molar refractivity (Wildman–Crippen MR) is 98.3 cm³/mol. The second kappa shape index (κ2) is 7.83. The smallest absolute Gasteiger partial charge is 0.416 e. The van der Waals surface area contributed by atoms with E-state index in [1.54, 1.807) is 6.07 Å². The number of phenolic OH excluding ortho intramolecular Hbond substituents is 1. The summed E-state index contributed by atoms with van der Waals surface area (Å²) in [6.45, 7) is 3.64. The number of carbonyl (C=O) groups is 1. The number of nitrogens with zero attached hydrogens (tertiary/aromatic N) is 1. The van der Waals surface area contributed by atoms with E-state index in [4.69, 9.17) is 5.11 Å². The Balaban J connectivity index is 2.02. The molecule has 1 saturated heterocycles. The van der Waals surface area contributed by atoms with Crippen LogP contribution in [0.15, 0.2) is 42.5 Å². The molecule has 28 heavy (non-hydrogen) atoms. The van der Waals surface area contributed by atoms with Crippen LogP contribution in [-0.4, -0.2) is 34.2 Å². The number of hydrogen-bond donors (Lipinski definition) is 2. The molecule has 1 fully saturated rings. The molecule has 2 aromatic carbocycles. The Bertz CT molecular complexity index is 841. The summed E-state index contributed by atoms with van der Waals surface area (Å²) in [5, 5.41) is 19.6. The topological polar surface area (TPSA) is 60.8 Å². The van der Waals surface area contributed by atoms with Gasteiger partial charge in [-0.3, -0.25) is 4.90 Å². The van der Waals surface area contributed by atoms with Gasteiger partial charge in [0.25, 0.3) is 0 Å². The van der Waals surface area contributed by atoms with E-state index in [0.29, 0.717) is 17.0 Å². The Morgan fingerprint density at radius 1 is 1.11 bits per heavy atom. The molecule has 0 aliphatic carbocycles. The Labute approximate surface area is 161 Å². The lowest BCUT2D eigenvalue weighted by atomic mass is 9.91. The molecule has 0 bridgehead atoms. The van der Waals surface area contributed by atoms with Crippen LogP contribution in [0, 0.1) is 5.92 Å². The van der Waals surface area contributed by atoms with Crippen LogP contribution in [0.4, 0.5) is 13.2 Å². The summed E-state index contributed by atoms with van der Waals surface area (Å²) in [6.07, 6.45) is -2.52. The Hall–Kier alpha value is -2.54.